The molecule has 16 heteroatoms. The third-order valence-corrected chi connectivity index (χ3v) is 15.3. The van der Waals surface area contributed by atoms with Crippen molar-refractivity contribution in [1.29, 1.82) is 0 Å². The third kappa shape index (κ3) is 53.0. The Balaban J connectivity index is 0.00000118. The second-order valence-electron chi connectivity index (χ2n) is 23.1. The zero-order valence-corrected chi connectivity index (χ0v) is 53.3. The van der Waals surface area contributed by atoms with E-state index in [1.807, 2.05) is 18.2 Å². The van der Waals surface area contributed by atoms with Crippen LogP contribution in [0.25, 0.3) is 6.08 Å². The number of benzene rings is 2. The summed E-state index contributed by atoms with van der Waals surface area (Å²) in [5.41, 5.74) is -0.606. The number of carboxylic acid groups (broad SMARTS) is 5. The molecule has 0 saturated heterocycles. The van der Waals surface area contributed by atoms with Gasteiger partial charge in [0.25, 0.3) is 0 Å². The van der Waals surface area contributed by atoms with Gasteiger partial charge in [0.15, 0.2) is 0 Å². The van der Waals surface area contributed by atoms with Crippen molar-refractivity contribution < 1.29 is 71.9 Å². The van der Waals surface area contributed by atoms with Crippen LogP contribution in [0, 0.1) is 17.7 Å². The molecule has 0 unspecified atom stereocenters. The Kier molecular flexibility index (Phi) is 53.4. The van der Waals surface area contributed by atoms with Crippen molar-refractivity contribution in [2.75, 3.05) is 5.32 Å². The van der Waals surface area contributed by atoms with Crippen molar-refractivity contribution in [3.63, 3.8) is 0 Å². The van der Waals surface area contributed by atoms with Gasteiger partial charge in [0.1, 0.15) is 5.82 Å². The number of amides is 1. The van der Waals surface area contributed by atoms with Gasteiger partial charge in [-0.05, 0) is 100 Å². The molecule has 0 heterocycles. The number of carbonyl (C=O) groups excluding carboxylic acids is 1. The summed E-state index contributed by atoms with van der Waals surface area (Å²) >= 11 is 0. The Hall–Kier alpha value is -6.06. The van der Waals surface area contributed by atoms with E-state index in [0.717, 1.165) is 88.5 Å². The standard InChI is InChI=1S/C26H50O4.C22H38O2.C14H17NO3.C10H6F4O2/c27-25(28)23-21-19-17-15-13-11-9-7-5-3-1-2-4-6-8-10-12-14-16-18-20-22-24-26(29)30;1-2-3-4-5-6-7-8-9-10-11-12-13-14-15-16-17-18-19-20-21-22(23)24;16-13(15-10-6-2-1-3-7-10)11-8-4-5-9-12(11)14(17)18;11-8-5-6(2-4-9(15)16)1-3-7(8)10(12,13)14/h1-24H2,(H,27,28)(H,29,30);3-4,6-7,9-10H,2,5,8,11-21H2,1H3,(H,23,24);1-3,6-7,11-12H,4-5,8-9H2,(H,15,16)(H,17,18);1-5H,(H,15,16)/b;4-3+,7-6+,10-9+;;4-2+/t;;11-,12+;/m..1./s1. The number of nitrogens with one attached hydrogen (secondary N) is 1. The van der Waals surface area contributed by atoms with E-state index in [1.165, 1.54) is 167 Å². The average Bonchev–Trinajstić information content (AvgIpc) is 1.60. The molecule has 2 atom stereocenters. The molecule has 6 N–H and O–H groups in total. The Morgan fingerprint density at radius 2 is 0.841 bits per heavy atom. The minimum Gasteiger partial charge on any atom is -0.481 e. The van der Waals surface area contributed by atoms with Crippen LogP contribution in [0.3, 0.4) is 0 Å². The van der Waals surface area contributed by atoms with Gasteiger partial charge >= 0.3 is 36.0 Å². The van der Waals surface area contributed by atoms with E-state index in [4.69, 9.17) is 25.5 Å². The first-order valence-corrected chi connectivity index (χ1v) is 33.4. The average molecular weight is 1240 g/mol. The molecule has 0 bridgehead atoms. The zero-order valence-electron chi connectivity index (χ0n) is 53.3. The number of allylic oxidation sites excluding steroid dienone is 6. The summed E-state index contributed by atoms with van der Waals surface area (Å²) < 4.78 is 49.4. The molecular formula is C72H111F4NO11. The SMILES string of the molecule is CC/C=C/C/C=C/C/C=C/CCCCCCCCCCCC(=O)O.O=C(O)/C=C/c1ccc(C(F)(F)F)c(F)c1.O=C(O)CCCCCCCCCCCCCCCCCCCCCCCCC(=O)O.O=C(O)[C@H]1CCCC[C@H]1C(=O)Nc1ccccc1. The number of para-hydroxylation sites is 1. The molecular weight excluding hydrogens is 1130 g/mol. The number of carboxylic acids is 5. The number of rotatable bonds is 47. The number of anilines is 1. The summed E-state index contributed by atoms with van der Waals surface area (Å²) in [4.78, 5) is 64.6. The first-order chi connectivity index (χ1) is 42.4. The zero-order chi connectivity index (χ0) is 65.1. The fraction of sp³-hybridized carbons (Fsp3) is 0.639. The molecule has 12 nitrogen and oxygen atoms in total. The lowest BCUT2D eigenvalue weighted by atomic mass is 9.78. The monoisotopic (exact) mass is 1240 g/mol. The Bertz CT molecular complexity index is 2190. The van der Waals surface area contributed by atoms with E-state index in [1.54, 1.807) is 12.1 Å². The predicted molar refractivity (Wildman–Crippen MR) is 348 cm³/mol. The number of halogens is 4. The number of aliphatic carboxylic acids is 5. The molecule has 0 aromatic heterocycles. The van der Waals surface area contributed by atoms with Crippen molar-refractivity contribution in [1.82, 2.24) is 0 Å². The predicted octanol–water partition coefficient (Wildman–Crippen LogP) is 21.2. The highest BCUT2D eigenvalue weighted by Crippen LogP contribution is 2.33. The molecule has 1 aliphatic carbocycles. The van der Waals surface area contributed by atoms with Crippen LogP contribution in [0.1, 0.15) is 288 Å². The molecule has 2 aromatic carbocycles. The van der Waals surface area contributed by atoms with Gasteiger partial charge in [0, 0.05) is 31.0 Å². The highest BCUT2D eigenvalue weighted by molar-refractivity contribution is 5.95. The number of carbonyl (C=O) groups is 6. The highest BCUT2D eigenvalue weighted by Gasteiger charge is 2.36. The molecule has 3 rings (SSSR count). The van der Waals surface area contributed by atoms with E-state index in [2.05, 4.69) is 48.7 Å². The Labute approximate surface area is 525 Å². The molecule has 88 heavy (non-hydrogen) atoms. The van der Waals surface area contributed by atoms with E-state index in [-0.39, 0.29) is 11.5 Å². The maximum Gasteiger partial charge on any atom is 0.419 e. The summed E-state index contributed by atoms with van der Waals surface area (Å²) in [7, 11) is 0. The lowest BCUT2D eigenvalue weighted by Gasteiger charge is -2.27. The Morgan fingerprint density at radius 1 is 0.477 bits per heavy atom. The molecule has 0 radical (unpaired) electrons. The van der Waals surface area contributed by atoms with Crippen LogP contribution in [0.5, 0.6) is 0 Å². The van der Waals surface area contributed by atoms with E-state index < -0.39 is 59.2 Å². The Morgan fingerprint density at radius 3 is 1.19 bits per heavy atom. The van der Waals surface area contributed by atoms with Crippen molar-refractivity contribution in [3.05, 3.63) is 108 Å². The molecule has 0 spiro atoms. The maximum atomic E-state index is 13.0. The van der Waals surface area contributed by atoms with Crippen LogP contribution >= 0.6 is 0 Å². The van der Waals surface area contributed by atoms with Crippen LogP contribution in [0.15, 0.2) is 91.1 Å². The van der Waals surface area contributed by atoms with Gasteiger partial charge in [0.05, 0.1) is 17.4 Å². The summed E-state index contributed by atoms with van der Waals surface area (Å²) in [6.45, 7) is 2.16. The van der Waals surface area contributed by atoms with Gasteiger partial charge in [-0.2, -0.15) is 13.2 Å². The number of alkyl halides is 3. The van der Waals surface area contributed by atoms with Gasteiger partial charge in [0.2, 0.25) is 5.91 Å². The minimum atomic E-state index is -4.75. The van der Waals surface area contributed by atoms with Crippen LogP contribution in [0.4, 0.5) is 23.2 Å². The van der Waals surface area contributed by atoms with Crippen molar-refractivity contribution >= 4 is 47.5 Å². The largest absolute Gasteiger partial charge is 0.481 e. The number of unbranched alkanes of at least 4 members (excludes halogenated alkanes) is 30. The second kappa shape index (κ2) is 57.4. The molecule has 1 fully saturated rings. The van der Waals surface area contributed by atoms with E-state index in [0.29, 0.717) is 50.3 Å². The second-order valence-corrected chi connectivity index (χ2v) is 23.1. The summed E-state index contributed by atoms with van der Waals surface area (Å²) in [5, 5.41) is 45.9. The summed E-state index contributed by atoms with van der Waals surface area (Å²) in [6.07, 6.45) is 58.0. The third-order valence-electron chi connectivity index (χ3n) is 15.3. The summed E-state index contributed by atoms with van der Waals surface area (Å²) in [5.74, 6) is -6.66. The highest BCUT2D eigenvalue weighted by atomic mass is 19.4. The van der Waals surface area contributed by atoms with Crippen molar-refractivity contribution in [2.45, 2.75) is 283 Å². The molecule has 2 aromatic rings. The fourth-order valence-electron chi connectivity index (χ4n) is 10.2. The number of hydrogen-bond donors (Lipinski definition) is 6. The van der Waals surface area contributed by atoms with Gasteiger partial charge in [-0.25, -0.2) is 9.18 Å². The van der Waals surface area contributed by atoms with Crippen LogP contribution in [-0.4, -0.2) is 61.3 Å². The van der Waals surface area contributed by atoms with Gasteiger partial charge in [-0.3, -0.25) is 24.0 Å². The molecule has 1 amide bonds. The van der Waals surface area contributed by atoms with Gasteiger partial charge in [-0.1, -0.05) is 254 Å². The topological polar surface area (TPSA) is 216 Å². The van der Waals surface area contributed by atoms with E-state index in [9.17, 15) is 46.3 Å². The molecule has 0 aliphatic heterocycles. The van der Waals surface area contributed by atoms with Crippen LogP contribution < -0.4 is 5.32 Å². The maximum absolute atomic E-state index is 13.0. The summed E-state index contributed by atoms with van der Waals surface area (Å²) in [6, 6.07) is 11.3. The lowest BCUT2D eigenvalue weighted by Crippen LogP contribution is -2.36. The van der Waals surface area contributed by atoms with E-state index >= 15 is 0 Å². The first kappa shape index (κ1) is 81.9. The smallest absolute Gasteiger partial charge is 0.419 e. The molecule has 1 aliphatic rings. The van der Waals surface area contributed by atoms with Crippen LogP contribution in [-0.2, 0) is 34.9 Å². The lowest BCUT2D eigenvalue weighted by molar-refractivity contribution is -0.147. The minimum absolute atomic E-state index is 0.0490. The first-order valence-electron chi connectivity index (χ1n) is 33.4. The normalized spacial score (nSPS) is 14.0. The molecule has 498 valence electrons. The van der Waals surface area contributed by atoms with Crippen molar-refractivity contribution in [2.24, 2.45) is 11.8 Å². The number of hydrogen-bond acceptors (Lipinski definition) is 6. The molecule has 1 saturated carbocycles. The van der Waals surface area contributed by atoms with Crippen molar-refractivity contribution in [3.8, 4) is 0 Å². The quantitative estimate of drug-likeness (QED) is 0.0159. The van der Waals surface area contributed by atoms with Crippen LogP contribution in [0.2, 0.25) is 0 Å². The fourth-order valence-corrected chi connectivity index (χ4v) is 10.2. The van der Waals surface area contributed by atoms with Gasteiger partial charge in [-0.15, -0.1) is 0 Å². The van der Waals surface area contributed by atoms with Gasteiger partial charge < -0.3 is 30.8 Å².